The molecule has 2 saturated heterocycles. The second-order valence-electron chi connectivity index (χ2n) is 9.57. The summed E-state index contributed by atoms with van der Waals surface area (Å²) in [6, 6.07) is 0. The van der Waals surface area contributed by atoms with E-state index in [9.17, 15) is 13.6 Å². The second kappa shape index (κ2) is 7.84. The van der Waals surface area contributed by atoms with Crippen molar-refractivity contribution in [1.29, 1.82) is 0 Å². The number of carbonyl (C=O) groups excluding carboxylic acids is 1. The highest BCUT2D eigenvalue weighted by Gasteiger charge is 2.38. The monoisotopic (exact) mass is 409 g/mol. The number of likely N-dealkylation sites (tertiary alicyclic amines) is 1. The van der Waals surface area contributed by atoms with Crippen LogP contribution in [0.15, 0.2) is 0 Å². The maximum Gasteiger partial charge on any atom is 0.291 e. The quantitative estimate of drug-likeness (QED) is 0.739. The Labute approximate surface area is 171 Å². The molecule has 0 bridgehead atoms. The van der Waals surface area contributed by atoms with Crippen molar-refractivity contribution in [2.24, 2.45) is 11.3 Å². The lowest BCUT2D eigenvalue weighted by molar-refractivity contribution is -0.0473. The lowest BCUT2D eigenvalue weighted by Gasteiger charge is -2.30. The summed E-state index contributed by atoms with van der Waals surface area (Å²) in [7, 11) is 0. The van der Waals surface area contributed by atoms with E-state index in [1.165, 1.54) is 0 Å². The minimum Gasteiger partial charge on any atom is -0.340 e. The van der Waals surface area contributed by atoms with E-state index in [-0.39, 0.29) is 30.1 Å². The summed E-state index contributed by atoms with van der Waals surface area (Å²) in [4.78, 5) is 17.2. The van der Waals surface area contributed by atoms with Crippen molar-refractivity contribution in [2.75, 3.05) is 31.1 Å². The summed E-state index contributed by atoms with van der Waals surface area (Å²) in [5.74, 6) is -1.36. The molecular weight excluding hydrogens is 376 g/mol. The third-order valence-electron chi connectivity index (χ3n) is 7.29. The fourth-order valence-electron chi connectivity index (χ4n) is 4.94. The molecule has 4 rings (SSSR count). The molecule has 0 radical (unpaired) electrons. The highest BCUT2D eigenvalue weighted by molar-refractivity contribution is 5.91. The van der Waals surface area contributed by atoms with Gasteiger partial charge >= 0.3 is 0 Å². The lowest BCUT2D eigenvalue weighted by atomic mass is 9.86. The molecule has 3 heterocycles. The van der Waals surface area contributed by atoms with Crippen LogP contribution in [0, 0.1) is 11.3 Å². The first kappa shape index (κ1) is 20.5. The second-order valence-corrected chi connectivity index (χ2v) is 9.57. The van der Waals surface area contributed by atoms with Gasteiger partial charge in [0.05, 0.1) is 0 Å². The number of alkyl halides is 2. The molecule has 1 saturated carbocycles. The highest BCUT2D eigenvalue weighted by atomic mass is 19.3. The molecule has 8 heteroatoms. The summed E-state index contributed by atoms with van der Waals surface area (Å²) in [5.41, 5.74) is 0.239. The molecule has 29 heavy (non-hydrogen) atoms. The zero-order valence-corrected chi connectivity index (χ0v) is 17.7. The maximum atomic E-state index is 13.6. The number of carbonyl (C=O) groups is 1. The molecule has 3 aliphatic rings. The Morgan fingerprint density at radius 1 is 1.10 bits per heavy atom. The summed E-state index contributed by atoms with van der Waals surface area (Å²) >= 11 is 0. The molecule has 1 aromatic rings. The average Bonchev–Trinajstić information content (AvgIpc) is 3.43. The Hall–Kier alpha value is -1.73. The van der Waals surface area contributed by atoms with Crippen LogP contribution >= 0.6 is 0 Å². The minimum atomic E-state index is -2.54. The van der Waals surface area contributed by atoms with Crippen LogP contribution in [0.1, 0.15) is 75.8 Å². The number of nitrogens with zero attached hydrogens (tertiary/aromatic N) is 5. The van der Waals surface area contributed by atoms with E-state index in [0.717, 1.165) is 57.8 Å². The van der Waals surface area contributed by atoms with Crippen LogP contribution in [-0.4, -0.2) is 57.7 Å². The van der Waals surface area contributed by atoms with E-state index in [4.69, 9.17) is 0 Å². The number of rotatable bonds is 5. The van der Waals surface area contributed by atoms with Gasteiger partial charge in [0.2, 0.25) is 17.7 Å². The zero-order chi connectivity index (χ0) is 20.6. The Balaban J connectivity index is 1.58. The molecule has 1 aliphatic carbocycles. The summed E-state index contributed by atoms with van der Waals surface area (Å²) < 4.78 is 29.2. The first-order chi connectivity index (χ1) is 13.8. The van der Waals surface area contributed by atoms with E-state index in [0.29, 0.717) is 25.2 Å². The van der Waals surface area contributed by atoms with Gasteiger partial charge in [0, 0.05) is 45.6 Å². The molecule has 2 aliphatic heterocycles. The van der Waals surface area contributed by atoms with Crippen molar-refractivity contribution in [3.63, 3.8) is 0 Å². The van der Waals surface area contributed by atoms with E-state index < -0.39 is 5.92 Å². The van der Waals surface area contributed by atoms with Gasteiger partial charge in [-0.25, -0.2) is 8.78 Å². The molecule has 162 valence electrons. The minimum absolute atomic E-state index is 0.0673. The molecule has 3 fully saturated rings. The molecule has 0 spiro atoms. The fraction of sp³-hybridized carbons (Fsp3) is 0.857. The average molecular weight is 410 g/mol. The SMILES string of the molecule is CCC1(C)CCN(c2nnc(C(=O)N3CCCC3)n2CC2CCC(F)(F)CC2)C1. The van der Waals surface area contributed by atoms with Crippen LogP contribution in [0.25, 0.3) is 0 Å². The molecule has 0 aromatic carbocycles. The highest BCUT2D eigenvalue weighted by Crippen LogP contribution is 2.39. The Morgan fingerprint density at radius 2 is 1.79 bits per heavy atom. The molecular formula is C21H33F2N5O. The summed E-state index contributed by atoms with van der Waals surface area (Å²) in [6.07, 6.45) is 5.04. The van der Waals surface area contributed by atoms with Gasteiger partial charge < -0.3 is 9.80 Å². The molecule has 6 nitrogen and oxygen atoms in total. The van der Waals surface area contributed by atoms with E-state index >= 15 is 0 Å². The first-order valence-corrected chi connectivity index (χ1v) is 11.2. The fourth-order valence-corrected chi connectivity index (χ4v) is 4.94. The van der Waals surface area contributed by atoms with E-state index in [2.05, 4.69) is 28.9 Å². The van der Waals surface area contributed by atoms with Crippen LogP contribution in [0.2, 0.25) is 0 Å². The van der Waals surface area contributed by atoms with Gasteiger partial charge in [-0.15, -0.1) is 10.2 Å². The van der Waals surface area contributed by atoms with Crippen LogP contribution in [0.4, 0.5) is 14.7 Å². The van der Waals surface area contributed by atoms with Crippen LogP contribution < -0.4 is 4.90 Å². The summed E-state index contributed by atoms with van der Waals surface area (Å²) in [5, 5.41) is 8.73. The van der Waals surface area contributed by atoms with Crippen LogP contribution in [0.5, 0.6) is 0 Å². The number of amides is 1. The van der Waals surface area contributed by atoms with Crippen LogP contribution in [0.3, 0.4) is 0 Å². The van der Waals surface area contributed by atoms with Gasteiger partial charge in [0.25, 0.3) is 5.91 Å². The van der Waals surface area contributed by atoms with Crippen molar-refractivity contribution in [3.8, 4) is 0 Å². The molecule has 1 aromatic heterocycles. The number of halogens is 2. The topological polar surface area (TPSA) is 54.3 Å². The van der Waals surface area contributed by atoms with Gasteiger partial charge in [0.1, 0.15) is 0 Å². The zero-order valence-electron chi connectivity index (χ0n) is 17.7. The molecule has 1 amide bonds. The Kier molecular flexibility index (Phi) is 5.55. The number of hydrogen-bond donors (Lipinski definition) is 0. The van der Waals surface area contributed by atoms with Gasteiger partial charge in [-0.1, -0.05) is 13.8 Å². The smallest absolute Gasteiger partial charge is 0.291 e. The molecule has 1 unspecified atom stereocenters. The third-order valence-corrected chi connectivity index (χ3v) is 7.29. The number of anilines is 1. The lowest BCUT2D eigenvalue weighted by Crippen LogP contribution is -2.34. The van der Waals surface area contributed by atoms with Crippen molar-refractivity contribution in [2.45, 2.75) is 77.7 Å². The largest absolute Gasteiger partial charge is 0.340 e. The van der Waals surface area contributed by atoms with Crippen LogP contribution in [-0.2, 0) is 6.54 Å². The van der Waals surface area contributed by atoms with Gasteiger partial charge in [-0.05, 0) is 49.9 Å². The summed E-state index contributed by atoms with van der Waals surface area (Å²) in [6.45, 7) is 8.34. The van der Waals surface area contributed by atoms with Crippen molar-refractivity contribution in [3.05, 3.63) is 5.82 Å². The van der Waals surface area contributed by atoms with Crippen molar-refractivity contribution < 1.29 is 13.6 Å². The predicted octanol–water partition coefficient (Wildman–Crippen LogP) is 3.97. The molecule has 0 N–H and O–H groups in total. The van der Waals surface area contributed by atoms with Gasteiger partial charge in [0.15, 0.2) is 0 Å². The third kappa shape index (κ3) is 4.26. The van der Waals surface area contributed by atoms with Gasteiger partial charge in [-0.3, -0.25) is 9.36 Å². The van der Waals surface area contributed by atoms with Crippen molar-refractivity contribution in [1.82, 2.24) is 19.7 Å². The first-order valence-electron chi connectivity index (χ1n) is 11.2. The van der Waals surface area contributed by atoms with E-state index in [1.807, 2.05) is 9.47 Å². The predicted molar refractivity (Wildman–Crippen MR) is 107 cm³/mol. The normalized spacial score (nSPS) is 27.7. The maximum absolute atomic E-state index is 13.6. The number of aromatic nitrogens is 3. The Bertz CT molecular complexity index is 735. The standard InChI is InChI=1S/C21H33F2N5O/c1-3-20(2)10-13-27(15-20)19-25-24-17(18(29)26-11-4-5-12-26)28(19)14-16-6-8-21(22,23)9-7-16/h16H,3-15H2,1-2H3. The Morgan fingerprint density at radius 3 is 2.41 bits per heavy atom. The molecule has 1 atom stereocenters. The van der Waals surface area contributed by atoms with E-state index in [1.54, 1.807) is 0 Å². The van der Waals surface area contributed by atoms with Crippen molar-refractivity contribution >= 4 is 11.9 Å². The van der Waals surface area contributed by atoms with Gasteiger partial charge in [-0.2, -0.15) is 0 Å². The number of hydrogen-bond acceptors (Lipinski definition) is 4.